The van der Waals surface area contributed by atoms with Crippen LogP contribution in [0.15, 0.2) is 0 Å². The van der Waals surface area contributed by atoms with Crippen LogP contribution in [0.3, 0.4) is 0 Å². The first-order valence-corrected chi connectivity index (χ1v) is 3.23. The van der Waals surface area contributed by atoms with Gasteiger partial charge in [-0.1, -0.05) is 6.92 Å². The Morgan fingerprint density at radius 3 is 2.50 bits per heavy atom. The fourth-order valence-electron chi connectivity index (χ4n) is 1.13. The Labute approximate surface area is 66.8 Å². The Kier molecular flexibility index (Phi) is 3.68. The Hall–Kier alpha value is -0.280. The van der Waals surface area contributed by atoms with Gasteiger partial charge in [-0.25, -0.2) is 0 Å². The summed E-state index contributed by atoms with van der Waals surface area (Å²) in [5.74, 6) is 0.377. The number of nitrogens with two attached hydrogens (primary N) is 1. The van der Waals surface area contributed by atoms with Crippen LogP contribution < -0.4 is 11.1 Å². The topological polar surface area (TPSA) is 55.1 Å². The van der Waals surface area contributed by atoms with E-state index in [1.165, 1.54) is 0 Å². The third-order valence-corrected chi connectivity index (χ3v) is 1.69. The fourth-order valence-corrected chi connectivity index (χ4v) is 1.13. The minimum absolute atomic E-state index is 0. The van der Waals surface area contributed by atoms with Gasteiger partial charge in [-0.3, -0.25) is 4.79 Å². The second kappa shape index (κ2) is 3.78. The average Bonchev–Trinajstić information content (AvgIpc) is 2.14. The summed E-state index contributed by atoms with van der Waals surface area (Å²) < 4.78 is 0. The number of hydrogen-bond donors (Lipinski definition) is 2. The molecular formula is C6H13ClN2O. The molecule has 0 aromatic carbocycles. The van der Waals surface area contributed by atoms with Crippen LogP contribution in [0.4, 0.5) is 0 Å². The molecule has 1 aliphatic heterocycles. The standard InChI is InChI=1S/C6H12N2O.ClH/c1-4-2-5(6(7)9)8-3-4;/h4-5,8H,2-3H2,1H3,(H2,7,9);1H. The normalized spacial score (nSPS) is 31.3. The molecule has 1 aliphatic rings. The molecule has 4 heteroatoms. The lowest BCUT2D eigenvalue weighted by molar-refractivity contribution is -0.119. The molecule has 3 nitrogen and oxygen atoms in total. The third kappa shape index (κ3) is 2.15. The number of halogens is 1. The van der Waals surface area contributed by atoms with Crippen LogP contribution in [-0.4, -0.2) is 18.5 Å². The van der Waals surface area contributed by atoms with Gasteiger partial charge in [0.25, 0.3) is 0 Å². The van der Waals surface area contributed by atoms with Gasteiger partial charge in [0.1, 0.15) is 0 Å². The molecule has 0 bridgehead atoms. The molecule has 3 N–H and O–H groups in total. The number of amides is 1. The van der Waals surface area contributed by atoms with Crippen molar-refractivity contribution in [3.8, 4) is 0 Å². The van der Waals surface area contributed by atoms with E-state index < -0.39 is 0 Å². The molecule has 2 atom stereocenters. The quantitative estimate of drug-likeness (QED) is 0.569. The first-order chi connectivity index (χ1) is 4.20. The molecule has 0 spiro atoms. The highest BCUT2D eigenvalue weighted by atomic mass is 35.5. The van der Waals surface area contributed by atoms with Crippen molar-refractivity contribution in [2.75, 3.05) is 6.54 Å². The Bertz CT molecular complexity index is 129. The number of hydrogen-bond acceptors (Lipinski definition) is 2. The molecule has 1 heterocycles. The second-order valence-corrected chi connectivity index (χ2v) is 2.70. The van der Waals surface area contributed by atoms with Gasteiger partial charge >= 0.3 is 0 Å². The van der Waals surface area contributed by atoms with E-state index >= 15 is 0 Å². The zero-order valence-corrected chi connectivity index (χ0v) is 6.78. The van der Waals surface area contributed by atoms with Crippen molar-refractivity contribution < 1.29 is 4.79 Å². The van der Waals surface area contributed by atoms with E-state index in [9.17, 15) is 4.79 Å². The molecule has 0 aromatic rings. The Morgan fingerprint density at radius 2 is 2.30 bits per heavy atom. The van der Waals surface area contributed by atoms with E-state index in [0.29, 0.717) is 5.92 Å². The van der Waals surface area contributed by atoms with E-state index in [2.05, 4.69) is 12.2 Å². The van der Waals surface area contributed by atoms with E-state index in [4.69, 9.17) is 5.73 Å². The lowest BCUT2D eigenvalue weighted by Gasteiger charge is -2.01. The highest BCUT2D eigenvalue weighted by molar-refractivity contribution is 5.85. The van der Waals surface area contributed by atoms with Gasteiger partial charge in [0.15, 0.2) is 0 Å². The summed E-state index contributed by atoms with van der Waals surface area (Å²) in [5, 5.41) is 3.03. The van der Waals surface area contributed by atoms with Gasteiger partial charge in [0.2, 0.25) is 5.91 Å². The van der Waals surface area contributed by atoms with Gasteiger partial charge in [0.05, 0.1) is 6.04 Å². The minimum Gasteiger partial charge on any atom is -0.368 e. The van der Waals surface area contributed by atoms with Crippen molar-refractivity contribution in [2.24, 2.45) is 11.7 Å². The Balaban J connectivity index is 0.000000810. The number of nitrogens with one attached hydrogen (secondary N) is 1. The van der Waals surface area contributed by atoms with E-state index in [1.54, 1.807) is 0 Å². The lowest BCUT2D eigenvalue weighted by atomic mass is 10.1. The first kappa shape index (κ1) is 9.72. The summed E-state index contributed by atoms with van der Waals surface area (Å²) in [6.45, 7) is 3.03. The predicted octanol–water partition coefficient (Wildman–Crippen LogP) is -0.109. The van der Waals surface area contributed by atoms with E-state index in [0.717, 1.165) is 13.0 Å². The van der Waals surface area contributed by atoms with Crippen LogP contribution >= 0.6 is 12.4 Å². The zero-order valence-electron chi connectivity index (χ0n) is 5.96. The molecule has 0 saturated carbocycles. The number of primary amides is 1. The smallest absolute Gasteiger partial charge is 0.234 e. The number of rotatable bonds is 1. The van der Waals surface area contributed by atoms with E-state index in [1.807, 2.05) is 0 Å². The lowest BCUT2D eigenvalue weighted by Crippen LogP contribution is -2.36. The summed E-state index contributed by atoms with van der Waals surface area (Å²) in [6.07, 6.45) is 0.898. The molecule has 1 fully saturated rings. The van der Waals surface area contributed by atoms with Crippen LogP contribution in [0.25, 0.3) is 0 Å². The summed E-state index contributed by atoms with van der Waals surface area (Å²) in [5.41, 5.74) is 5.06. The van der Waals surface area contributed by atoms with Crippen molar-refractivity contribution in [2.45, 2.75) is 19.4 Å². The molecule has 0 aromatic heterocycles. The largest absolute Gasteiger partial charge is 0.368 e. The molecule has 10 heavy (non-hydrogen) atoms. The van der Waals surface area contributed by atoms with Crippen molar-refractivity contribution >= 4 is 18.3 Å². The maximum absolute atomic E-state index is 10.5. The van der Waals surface area contributed by atoms with Crippen LogP contribution in [0.5, 0.6) is 0 Å². The molecule has 0 aliphatic carbocycles. The Morgan fingerprint density at radius 1 is 1.70 bits per heavy atom. The van der Waals surface area contributed by atoms with Crippen LogP contribution in [0.2, 0.25) is 0 Å². The minimum atomic E-state index is -0.223. The predicted molar refractivity (Wildman–Crippen MR) is 42.0 cm³/mol. The molecule has 2 unspecified atom stereocenters. The molecular weight excluding hydrogens is 152 g/mol. The maximum atomic E-state index is 10.5. The molecule has 1 saturated heterocycles. The number of carbonyl (C=O) groups is 1. The summed E-state index contributed by atoms with van der Waals surface area (Å²) in [6, 6.07) is -0.0694. The van der Waals surface area contributed by atoms with E-state index in [-0.39, 0.29) is 24.4 Å². The molecule has 60 valence electrons. The van der Waals surface area contributed by atoms with Gasteiger partial charge < -0.3 is 11.1 Å². The molecule has 1 amide bonds. The SMILES string of the molecule is CC1CNC(C(N)=O)C1.Cl. The summed E-state index contributed by atoms with van der Waals surface area (Å²) >= 11 is 0. The summed E-state index contributed by atoms with van der Waals surface area (Å²) in [7, 11) is 0. The monoisotopic (exact) mass is 164 g/mol. The van der Waals surface area contributed by atoms with Gasteiger partial charge in [-0.15, -0.1) is 12.4 Å². The van der Waals surface area contributed by atoms with Crippen LogP contribution in [-0.2, 0) is 4.79 Å². The summed E-state index contributed by atoms with van der Waals surface area (Å²) in [4.78, 5) is 10.5. The van der Waals surface area contributed by atoms with Gasteiger partial charge in [-0.05, 0) is 18.9 Å². The fraction of sp³-hybridized carbons (Fsp3) is 0.833. The van der Waals surface area contributed by atoms with Crippen LogP contribution in [0.1, 0.15) is 13.3 Å². The van der Waals surface area contributed by atoms with Crippen molar-refractivity contribution in [1.29, 1.82) is 0 Å². The highest BCUT2D eigenvalue weighted by Gasteiger charge is 2.24. The molecule has 0 radical (unpaired) electrons. The molecule has 1 rings (SSSR count). The van der Waals surface area contributed by atoms with Crippen molar-refractivity contribution in [3.63, 3.8) is 0 Å². The second-order valence-electron chi connectivity index (χ2n) is 2.70. The third-order valence-electron chi connectivity index (χ3n) is 1.69. The maximum Gasteiger partial charge on any atom is 0.234 e. The average molecular weight is 165 g/mol. The zero-order chi connectivity index (χ0) is 6.85. The van der Waals surface area contributed by atoms with Gasteiger partial charge in [-0.2, -0.15) is 0 Å². The highest BCUT2D eigenvalue weighted by Crippen LogP contribution is 2.11. The van der Waals surface area contributed by atoms with Gasteiger partial charge in [0, 0.05) is 0 Å². The van der Waals surface area contributed by atoms with Crippen molar-refractivity contribution in [1.82, 2.24) is 5.32 Å². The number of carbonyl (C=O) groups excluding carboxylic acids is 1. The van der Waals surface area contributed by atoms with Crippen molar-refractivity contribution in [3.05, 3.63) is 0 Å². The van der Waals surface area contributed by atoms with Crippen LogP contribution in [0, 0.1) is 5.92 Å². The first-order valence-electron chi connectivity index (χ1n) is 3.23.